The number of nitrogens with zero attached hydrogens (tertiary/aromatic N) is 3. The molecule has 0 spiro atoms. The Hall–Kier alpha value is -2.44. The van der Waals surface area contributed by atoms with Crippen molar-refractivity contribution in [1.82, 2.24) is 14.7 Å². The van der Waals surface area contributed by atoms with E-state index in [-0.39, 0.29) is 29.5 Å². The summed E-state index contributed by atoms with van der Waals surface area (Å²) in [6, 6.07) is 5.58. The summed E-state index contributed by atoms with van der Waals surface area (Å²) >= 11 is 0. The molecule has 1 unspecified atom stereocenters. The molecule has 4 rings (SSSR count). The van der Waals surface area contributed by atoms with Gasteiger partial charge in [0.05, 0.1) is 0 Å². The number of hydrogen-bond acceptors (Lipinski definition) is 3. The number of hydrogen-bond donors (Lipinski definition) is 0. The van der Waals surface area contributed by atoms with E-state index in [0.29, 0.717) is 52.0 Å². The van der Waals surface area contributed by atoms with E-state index in [1.165, 1.54) is 12.1 Å². The molecule has 1 saturated carbocycles. The molecule has 0 N–H and O–H groups in total. The van der Waals surface area contributed by atoms with Crippen LogP contribution in [0.15, 0.2) is 24.3 Å². The van der Waals surface area contributed by atoms with Gasteiger partial charge in [0.15, 0.2) is 0 Å². The molecule has 150 valence electrons. The van der Waals surface area contributed by atoms with Gasteiger partial charge in [0.25, 0.3) is 0 Å². The third-order valence-corrected chi connectivity index (χ3v) is 5.95. The fraction of sp³-hybridized carbons (Fsp3) is 0.571. The topological polar surface area (TPSA) is 60.9 Å². The van der Waals surface area contributed by atoms with Crippen LogP contribution in [0.25, 0.3) is 0 Å². The first-order chi connectivity index (χ1) is 13.5. The molecule has 0 radical (unpaired) electrons. The first-order valence-corrected chi connectivity index (χ1v) is 10.1. The lowest BCUT2D eigenvalue weighted by Gasteiger charge is -2.41. The first kappa shape index (κ1) is 18.9. The van der Waals surface area contributed by atoms with Crippen molar-refractivity contribution in [3.63, 3.8) is 0 Å². The maximum Gasteiger partial charge on any atom is 0.245 e. The number of piperidine rings is 1. The smallest absolute Gasteiger partial charge is 0.245 e. The van der Waals surface area contributed by atoms with Crippen LogP contribution in [-0.4, -0.2) is 64.6 Å². The standard InChI is InChI=1S/C21H26FN3O3/c22-17-8-4-15(5-9-17)14-25-18(2-1-3-19(25)26)21(28)24-12-10-23(11-13-24)20(27)16-6-7-16/h4-5,8-9,16,18H,1-3,6-7,10-14H2. The lowest BCUT2D eigenvalue weighted by Crippen LogP contribution is -2.57. The van der Waals surface area contributed by atoms with E-state index in [9.17, 15) is 18.8 Å². The van der Waals surface area contributed by atoms with Crippen molar-refractivity contribution in [1.29, 1.82) is 0 Å². The summed E-state index contributed by atoms with van der Waals surface area (Å²) in [7, 11) is 0. The van der Waals surface area contributed by atoms with Gasteiger partial charge in [-0.3, -0.25) is 14.4 Å². The molecule has 0 aromatic heterocycles. The molecule has 0 bridgehead atoms. The zero-order valence-corrected chi connectivity index (χ0v) is 16.0. The number of rotatable bonds is 4. The van der Waals surface area contributed by atoms with Gasteiger partial charge in [-0.25, -0.2) is 4.39 Å². The molecule has 7 heteroatoms. The van der Waals surface area contributed by atoms with Crippen LogP contribution in [0, 0.1) is 11.7 Å². The van der Waals surface area contributed by atoms with Gasteiger partial charge in [0.2, 0.25) is 17.7 Å². The van der Waals surface area contributed by atoms with Crippen molar-refractivity contribution in [2.75, 3.05) is 26.2 Å². The SMILES string of the molecule is O=C(C1CC1)N1CCN(C(=O)C2CCCC(=O)N2Cc2ccc(F)cc2)CC1. The molecule has 6 nitrogen and oxygen atoms in total. The van der Waals surface area contributed by atoms with Crippen molar-refractivity contribution in [3.05, 3.63) is 35.6 Å². The Balaban J connectivity index is 1.40. The minimum atomic E-state index is -0.475. The summed E-state index contributed by atoms with van der Waals surface area (Å²) < 4.78 is 13.2. The van der Waals surface area contributed by atoms with Gasteiger partial charge in [-0.05, 0) is 43.4 Å². The molecular weight excluding hydrogens is 361 g/mol. The minimum absolute atomic E-state index is 0.0310. The predicted molar refractivity (Wildman–Crippen MR) is 100 cm³/mol. The Kier molecular flexibility index (Phi) is 5.33. The maximum atomic E-state index is 13.2. The monoisotopic (exact) mass is 387 g/mol. The molecule has 1 atom stereocenters. The van der Waals surface area contributed by atoms with E-state index in [1.807, 2.05) is 4.90 Å². The minimum Gasteiger partial charge on any atom is -0.339 e. The second-order valence-corrected chi connectivity index (χ2v) is 7.98. The fourth-order valence-electron chi connectivity index (χ4n) is 4.11. The zero-order valence-electron chi connectivity index (χ0n) is 16.0. The summed E-state index contributed by atoms with van der Waals surface area (Å²) in [6.45, 7) is 2.49. The van der Waals surface area contributed by atoms with Crippen molar-refractivity contribution in [2.45, 2.75) is 44.7 Å². The number of halogens is 1. The largest absolute Gasteiger partial charge is 0.339 e. The molecule has 1 aliphatic carbocycles. The molecule has 3 fully saturated rings. The molecule has 1 aromatic rings. The number of carbonyl (C=O) groups excluding carboxylic acids is 3. The Morgan fingerprint density at radius 3 is 2.14 bits per heavy atom. The van der Waals surface area contributed by atoms with Crippen LogP contribution in [-0.2, 0) is 20.9 Å². The van der Waals surface area contributed by atoms with Gasteiger partial charge >= 0.3 is 0 Å². The molecule has 1 aromatic carbocycles. The van der Waals surface area contributed by atoms with E-state index in [0.717, 1.165) is 18.4 Å². The van der Waals surface area contributed by atoms with E-state index >= 15 is 0 Å². The Labute approximate surface area is 164 Å². The number of likely N-dealkylation sites (tertiary alicyclic amines) is 1. The molecule has 2 aliphatic heterocycles. The average molecular weight is 387 g/mol. The second-order valence-electron chi connectivity index (χ2n) is 7.98. The molecule has 2 saturated heterocycles. The van der Waals surface area contributed by atoms with Crippen LogP contribution in [0.1, 0.15) is 37.7 Å². The summed E-state index contributed by atoms with van der Waals surface area (Å²) in [4.78, 5) is 43.2. The van der Waals surface area contributed by atoms with Crippen LogP contribution < -0.4 is 0 Å². The molecule has 28 heavy (non-hydrogen) atoms. The van der Waals surface area contributed by atoms with Crippen molar-refractivity contribution in [3.8, 4) is 0 Å². The van der Waals surface area contributed by atoms with Gasteiger partial charge in [-0.2, -0.15) is 0 Å². The fourth-order valence-corrected chi connectivity index (χ4v) is 4.11. The third-order valence-electron chi connectivity index (χ3n) is 5.95. The van der Waals surface area contributed by atoms with Crippen LogP contribution in [0.3, 0.4) is 0 Å². The number of benzene rings is 1. The average Bonchev–Trinajstić information content (AvgIpc) is 3.55. The molecule has 2 heterocycles. The highest BCUT2D eigenvalue weighted by molar-refractivity contribution is 5.89. The molecule has 3 amide bonds. The number of carbonyl (C=O) groups is 3. The highest BCUT2D eigenvalue weighted by atomic mass is 19.1. The summed E-state index contributed by atoms with van der Waals surface area (Å²) in [6.07, 6.45) is 3.76. The van der Waals surface area contributed by atoms with Gasteiger partial charge in [0, 0.05) is 45.1 Å². The van der Waals surface area contributed by atoms with E-state index in [1.54, 1.807) is 21.9 Å². The predicted octanol–water partition coefficient (Wildman–Crippen LogP) is 1.79. The first-order valence-electron chi connectivity index (χ1n) is 10.1. The van der Waals surface area contributed by atoms with E-state index in [4.69, 9.17) is 0 Å². The van der Waals surface area contributed by atoms with E-state index in [2.05, 4.69) is 0 Å². The quantitative estimate of drug-likeness (QED) is 0.791. The van der Waals surface area contributed by atoms with Crippen molar-refractivity contribution >= 4 is 17.7 Å². The molecule has 3 aliphatic rings. The van der Waals surface area contributed by atoms with Gasteiger partial charge in [0.1, 0.15) is 11.9 Å². The number of amides is 3. The zero-order chi connectivity index (χ0) is 19.7. The normalized spacial score (nSPS) is 23.1. The van der Waals surface area contributed by atoms with Crippen LogP contribution in [0.4, 0.5) is 4.39 Å². The van der Waals surface area contributed by atoms with Crippen molar-refractivity contribution in [2.24, 2.45) is 5.92 Å². The molecular formula is C21H26FN3O3. The highest BCUT2D eigenvalue weighted by Gasteiger charge is 2.39. The maximum absolute atomic E-state index is 13.2. The van der Waals surface area contributed by atoms with Gasteiger partial charge < -0.3 is 14.7 Å². The van der Waals surface area contributed by atoms with Gasteiger partial charge in [-0.1, -0.05) is 12.1 Å². The third kappa shape index (κ3) is 4.03. The van der Waals surface area contributed by atoms with Crippen LogP contribution in [0.5, 0.6) is 0 Å². The van der Waals surface area contributed by atoms with Gasteiger partial charge in [-0.15, -0.1) is 0 Å². The Bertz CT molecular complexity index is 755. The van der Waals surface area contributed by atoms with E-state index < -0.39 is 6.04 Å². The van der Waals surface area contributed by atoms with Crippen molar-refractivity contribution < 1.29 is 18.8 Å². The second kappa shape index (κ2) is 7.89. The van der Waals surface area contributed by atoms with Crippen LogP contribution >= 0.6 is 0 Å². The summed E-state index contributed by atoms with van der Waals surface area (Å²) in [5.74, 6) is 0.0346. The lowest BCUT2D eigenvalue weighted by molar-refractivity contribution is -0.151. The Morgan fingerprint density at radius 1 is 0.929 bits per heavy atom. The highest BCUT2D eigenvalue weighted by Crippen LogP contribution is 2.31. The summed E-state index contributed by atoms with van der Waals surface area (Å²) in [5.41, 5.74) is 0.814. The summed E-state index contributed by atoms with van der Waals surface area (Å²) in [5, 5.41) is 0. The Morgan fingerprint density at radius 2 is 1.54 bits per heavy atom. The number of piperazine rings is 1. The lowest BCUT2D eigenvalue weighted by atomic mass is 9.99. The van der Waals surface area contributed by atoms with Crippen LogP contribution in [0.2, 0.25) is 0 Å².